The van der Waals surface area contributed by atoms with E-state index in [-0.39, 0.29) is 17.5 Å². The number of ketones is 1. The smallest absolute Gasteiger partial charge is 0.162 e. The summed E-state index contributed by atoms with van der Waals surface area (Å²) in [5.74, 6) is 0.0268. The zero-order valence-corrected chi connectivity index (χ0v) is 15.5. The van der Waals surface area contributed by atoms with E-state index in [1.807, 2.05) is 30.3 Å². The fourth-order valence-electron chi connectivity index (χ4n) is 3.00. The summed E-state index contributed by atoms with van der Waals surface area (Å²) in [6.07, 6.45) is 3.30. The molecule has 0 aromatic heterocycles. The highest BCUT2D eigenvalue weighted by molar-refractivity contribution is 7.93. The van der Waals surface area contributed by atoms with Gasteiger partial charge in [0.25, 0.3) is 0 Å². The molecule has 0 spiro atoms. The number of aryl methyl sites for hydroxylation is 1. The van der Waals surface area contributed by atoms with E-state index < -0.39 is 14.6 Å². The molecule has 1 fully saturated rings. The van der Waals surface area contributed by atoms with Gasteiger partial charge in [-0.3, -0.25) is 4.79 Å². The lowest BCUT2D eigenvalue weighted by Gasteiger charge is -2.28. The molecule has 4 nitrogen and oxygen atoms in total. The number of benzene rings is 1. The Morgan fingerprint density at radius 1 is 1.17 bits per heavy atom. The van der Waals surface area contributed by atoms with E-state index in [1.54, 1.807) is 13.8 Å². The van der Waals surface area contributed by atoms with Crippen molar-refractivity contribution in [3.63, 3.8) is 0 Å². The number of hydrogen-bond acceptors (Lipinski definition) is 4. The van der Waals surface area contributed by atoms with Gasteiger partial charge >= 0.3 is 0 Å². The van der Waals surface area contributed by atoms with Gasteiger partial charge in [-0.25, -0.2) is 8.42 Å². The average molecular weight is 352 g/mol. The fourth-order valence-corrected chi connectivity index (χ4v) is 4.82. The monoisotopic (exact) mass is 352 g/mol. The van der Waals surface area contributed by atoms with Crippen molar-refractivity contribution in [1.29, 1.82) is 0 Å². The van der Waals surface area contributed by atoms with Crippen LogP contribution in [0, 0.1) is 5.92 Å². The first-order chi connectivity index (χ1) is 11.3. The maximum absolute atomic E-state index is 12.7. The molecule has 0 atom stereocenters. The predicted octanol–water partition coefficient (Wildman–Crippen LogP) is 3.20. The number of sulfone groups is 1. The Morgan fingerprint density at radius 2 is 1.79 bits per heavy atom. The van der Waals surface area contributed by atoms with Crippen LogP contribution in [0.1, 0.15) is 45.1 Å². The number of Topliss-reactive ketones (excluding diaryl/α,β-unsaturated/α-hetero) is 1. The molecular weight excluding hydrogens is 324 g/mol. The van der Waals surface area contributed by atoms with Gasteiger partial charge in [0.05, 0.1) is 5.75 Å². The van der Waals surface area contributed by atoms with Crippen molar-refractivity contribution >= 4 is 15.6 Å². The molecule has 0 radical (unpaired) electrons. The SMILES string of the molecule is CC(C)(C(=O)CCCc1ccccc1)S(=O)(=O)CC1CCOCC1. The second kappa shape index (κ2) is 8.26. The van der Waals surface area contributed by atoms with E-state index in [0.717, 1.165) is 19.3 Å². The molecule has 24 heavy (non-hydrogen) atoms. The summed E-state index contributed by atoms with van der Waals surface area (Å²) < 4.78 is 29.4. The maximum atomic E-state index is 12.7. The summed E-state index contributed by atoms with van der Waals surface area (Å²) in [5, 5.41) is 0. The fraction of sp³-hybridized carbons (Fsp3) is 0.632. The molecule has 2 rings (SSSR count). The normalized spacial score (nSPS) is 16.9. The lowest BCUT2D eigenvalue weighted by Crippen LogP contribution is -2.44. The molecule has 0 N–H and O–H groups in total. The van der Waals surface area contributed by atoms with E-state index in [1.165, 1.54) is 5.56 Å². The molecule has 0 unspecified atom stereocenters. The van der Waals surface area contributed by atoms with Gasteiger partial charge in [0, 0.05) is 19.6 Å². The lowest BCUT2D eigenvalue weighted by atomic mass is 10.0. The van der Waals surface area contributed by atoms with Gasteiger partial charge in [-0.1, -0.05) is 30.3 Å². The van der Waals surface area contributed by atoms with Crippen LogP contribution in [0.15, 0.2) is 30.3 Å². The van der Waals surface area contributed by atoms with Crippen molar-refractivity contribution in [2.75, 3.05) is 19.0 Å². The Balaban J connectivity index is 1.90. The molecule has 0 bridgehead atoms. The molecule has 0 amide bonds. The van der Waals surface area contributed by atoms with Crippen LogP contribution in [-0.4, -0.2) is 37.9 Å². The number of carbonyl (C=O) groups excluding carboxylic acids is 1. The topological polar surface area (TPSA) is 60.4 Å². The zero-order valence-electron chi connectivity index (χ0n) is 14.7. The minimum absolute atomic E-state index is 0.0911. The van der Waals surface area contributed by atoms with Crippen molar-refractivity contribution < 1.29 is 17.9 Å². The summed E-state index contributed by atoms with van der Waals surface area (Å²) in [4.78, 5) is 12.5. The second-order valence-electron chi connectivity index (χ2n) is 7.11. The summed E-state index contributed by atoms with van der Waals surface area (Å²) in [6.45, 7) is 4.36. The summed E-state index contributed by atoms with van der Waals surface area (Å²) in [5.41, 5.74) is 1.17. The molecule has 1 heterocycles. The largest absolute Gasteiger partial charge is 0.381 e. The average Bonchev–Trinajstić information content (AvgIpc) is 2.56. The molecule has 0 aliphatic carbocycles. The molecule has 1 aromatic carbocycles. The third-order valence-electron chi connectivity index (χ3n) is 4.96. The molecule has 1 saturated heterocycles. The Morgan fingerprint density at radius 3 is 2.42 bits per heavy atom. The Kier molecular flexibility index (Phi) is 6.58. The van der Waals surface area contributed by atoms with Gasteiger partial charge in [0.15, 0.2) is 15.6 Å². The highest BCUT2D eigenvalue weighted by atomic mass is 32.2. The van der Waals surface area contributed by atoms with Crippen LogP contribution in [0.2, 0.25) is 0 Å². The van der Waals surface area contributed by atoms with E-state index in [2.05, 4.69) is 0 Å². The highest BCUT2D eigenvalue weighted by Gasteiger charge is 2.41. The van der Waals surface area contributed by atoms with Gasteiger partial charge in [0.2, 0.25) is 0 Å². The molecule has 5 heteroatoms. The number of hydrogen-bond donors (Lipinski definition) is 0. The number of rotatable bonds is 8. The van der Waals surface area contributed by atoms with Gasteiger partial charge in [0.1, 0.15) is 4.75 Å². The van der Waals surface area contributed by atoms with Crippen LogP contribution in [0.4, 0.5) is 0 Å². The van der Waals surface area contributed by atoms with Gasteiger partial charge in [-0.15, -0.1) is 0 Å². The van der Waals surface area contributed by atoms with Gasteiger partial charge in [-0.05, 0) is 51.0 Å². The Labute approximate surface area is 145 Å². The minimum atomic E-state index is -3.46. The summed E-state index contributed by atoms with van der Waals surface area (Å²) in [6, 6.07) is 9.95. The van der Waals surface area contributed by atoms with Crippen molar-refractivity contribution in [1.82, 2.24) is 0 Å². The molecule has 1 aliphatic heterocycles. The van der Waals surface area contributed by atoms with Crippen LogP contribution in [0.25, 0.3) is 0 Å². The van der Waals surface area contributed by atoms with Crippen LogP contribution < -0.4 is 0 Å². The van der Waals surface area contributed by atoms with E-state index in [0.29, 0.717) is 26.1 Å². The van der Waals surface area contributed by atoms with Gasteiger partial charge in [-0.2, -0.15) is 0 Å². The molecule has 134 valence electrons. The maximum Gasteiger partial charge on any atom is 0.162 e. The van der Waals surface area contributed by atoms with E-state index in [9.17, 15) is 13.2 Å². The van der Waals surface area contributed by atoms with Crippen molar-refractivity contribution in [3.05, 3.63) is 35.9 Å². The van der Waals surface area contributed by atoms with Crippen LogP contribution in [0.3, 0.4) is 0 Å². The van der Waals surface area contributed by atoms with Crippen LogP contribution >= 0.6 is 0 Å². The Bertz CT molecular complexity index is 629. The van der Waals surface area contributed by atoms with E-state index >= 15 is 0 Å². The number of ether oxygens (including phenoxy) is 1. The van der Waals surface area contributed by atoms with Crippen LogP contribution in [0.5, 0.6) is 0 Å². The molecule has 0 saturated carbocycles. The highest BCUT2D eigenvalue weighted by Crippen LogP contribution is 2.26. The zero-order chi connectivity index (χ0) is 17.6. The van der Waals surface area contributed by atoms with Crippen molar-refractivity contribution in [3.8, 4) is 0 Å². The Hall–Kier alpha value is -1.20. The lowest BCUT2D eigenvalue weighted by molar-refractivity contribution is -0.120. The first kappa shape index (κ1) is 19.1. The molecular formula is C19H28O4S. The third kappa shape index (κ3) is 4.90. The molecule has 1 aliphatic rings. The summed E-state index contributed by atoms with van der Waals surface area (Å²) in [7, 11) is -3.46. The van der Waals surface area contributed by atoms with Crippen LogP contribution in [-0.2, 0) is 25.8 Å². The predicted molar refractivity (Wildman–Crippen MR) is 95.8 cm³/mol. The first-order valence-electron chi connectivity index (χ1n) is 8.70. The first-order valence-corrected chi connectivity index (χ1v) is 10.4. The quantitative estimate of drug-likeness (QED) is 0.721. The van der Waals surface area contributed by atoms with Crippen molar-refractivity contribution in [2.45, 2.75) is 50.7 Å². The minimum Gasteiger partial charge on any atom is -0.381 e. The second-order valence-corrected chi connectivity index (χ2v) is 9.69. The number of carbonyl (C=O) groups is 1. The standard InChI is InChI=1S/C19H28O4S/c1-19(2,24(21,22)15-17-11-13-23-14-12-17)18(20)10-6-9-16-7-4-3-5-8-16/h3-5,7-8,17H,6,9-15H2,1-2H3. The van der Waals surface area contributed by atoms with Gasteiger partial charge < -0.3 is 4.74 Å². The third-order valence-corrected chi connectivity index (χ3v) is 7.65. The molecule has 1 aromatic rings. The van der Waals surface area contributed by atoms with E-state index in [4.69, 9.17) is 4.74 Å². The van der Waals surface area contributed by atoms with Crippen molar-refractivity contribution in [2.24, 2.45) is 5.92 Å². The summed E-state index contributed by atoms with van der Waals surface area (Å²) >= 11 is 0.